The monoisotopic (exact) mass is 307 g/mol. The first-order valence-corrected chi connectivity index (χ1v) is 7.84. The third-order valence-electron chi connectivity index (χ3n) is 3.72. The molecule has 0 aromatic carbocycles. The number of amides is 1. The molecule has 0 saturated heterocycles. The van der Waals surface area contributed by atoms with E-state index in [-0.39, 0.29) is 18.0 Å². The molecule has 1 heterocycles. The Morgan fingerprint density at radius 2 is 2.09 bits per heavy atom. The van der Waals surface area contributed by atoms with Crippen molar-refractivity contribution in [2.45, 2.75) is 46.1 Å². The van der Waals surface area contributed by atoms with Gasteiger partial charge in [0.1, 0.15) is 5.60 Å². The molecule has 0 aromatic rings. The van der Waals surface area contributed by atoms with E-state index in [0.717, 1.165) is 12.0 Å². The standard InChI is InChI=1S/C17H25NO4/c1-5-21-15(19)13-7-6-12-8-9-18(11-14(12)10-13)16(20)22-17(2,3)4/h6-7,13H,5,8-11H2,1-4H3. The maximum absolute atomic E-state index is 12.2. The van der Waals surface area contributed by atoms with E-state index >= 15 is 0 Å². The van der Waals surface area contributed by atoms with Crippen LogP contribution in [0.1, 0.15) is 40.5 Å². The van der Waals surface area contributed by atoms with Crippen LogP contribution in [0.15, 0.2) is 23.3 Å². The van der Waals surface area contributed by atoms with Crippen molar-refractivity contribution in [2.75, 3.05) is 19.7 Å². The number of hydrogen-bond donors (Lipinski definition) is 0. The van der Waals surface area contributed by atoms with E-state index in [1.54, 1.807) is 11.8 Å². The van der Waals surface area contributed by atoms with Crippen molar-refractivity contribution in [1.29, 1.82) is 0 Å². The molecule has 0 fully saturated rings. The normalized spacial score (nSPS) is 21.5. The van der Waals surface area contributed by atoms with Gasteiger partial charge in [-0.2, -0.15) is 0 Å². The summed E-state index contributed by atoms with van der Waals surface area (Å²) in [6, 6.07) is 0. The molecule has 0 saturated carbocycles. The molecule has 2 aliphatic rings. The lowest BCUT2D eigenvalue weighted by Crippen LogP contribution is -2.41. The average molecular weight is 307 g/mol. The van der Waals surface area contributed by atoms with Gasteiger partial charge in [-0.3, -0.25) is 4.79 Å². The van der Waals surface area contributed by atoms with Crippen molar-refractivity contribution >= 4 is 12.1 Å². The minimum absolute atomic E-state index is 0.195. The number of ether oxygens (including phenoxy) is 2. The van der Waals surface area contributed by atoms with Crippen molar-refractivity contribution in [3.05, 3.63) is 23.3 Å². The van der Waals surface area contributed by atoms with Gasteiger partial charge in [0.25, 0.3) is 0 Å². The Labute approximate surface area is 131 Å². The highest BCUT2D eigenvalue weighted by molar-refractivity contribution is 5.76. The van der Waals surface area contributed by atoms with Crippen LogP contribution in [0, 0.1) is 5.92 Å². The van der Waals surface area contributed by atoms with E-state index in [1.807, 2.05) is 32.9 Å². The third kappa shape index (κ3) is 4.12. The predicted octanol–water partition coefficient (Wildman–Crippen LogP) is 3.06. The Morgan fingerprint density at radius 1 is 1.36 bits per heavy atom. The van der Waals surface area contributed by atoms with Crippen LogP contribution in [0.25, 0.3) is 0 Å². The number of rotatable bonds is 2. The molecule has 1 aliphatic carbocycles. The number of allylic oxidation sites excluding steroid dienone is 1. The van der Waals surface area contributed by atoms with Gasteiger partial charge in [-0.1, -0.05) is 12.2 Å². The van der Waals surface area contributed by atoms with Crippen LogP contribution in [0.4, 0.5) is 4.79 Å². The van der Waals surface area contributed by atoms with Crippen LogP contribution in [0.3, 0.4) is 0 Å². The number of carbonyl (C=O) groups is 2. The summed E-state index contributed by atoms with van der Waals surface area (Å²) in [5, 5.41) is 0. The van der Waals surface area contributed by atoms with Crippen LogP contribution < -0.4 is 0 Å². The van der Waals surface area contributed by atoms with Crippen LogP contribution in [-0.2, 0) is 14.3 Å². The Hall–Kier alpha value is -1.78. The lowest BCUT2D eigenvalue weighted by molar-refractivity contribution is -0.146. The van der Waals surface area contributed by atoms with E-state index < -0.39 is 5.60 Å². The van der Waals surface area contributed by atoms with Gasteiger partial charge >= 0.3 is 12.1 Å². The molecule has 0 bridgehead atoms. The second-order valence-electron chi connectivity index (χ2n) is 6.70. The Balaban J connectivity index is 2.00. The highest BCUT2D eigenvalue weighted by Gasteiger charge is 2.30. The first kappa shape index (κ1) is 16.6. The van der Waals surface area contributed by atoms with Crippen molar-refractivity contribution in [2.24, 2.45) is 5.92 Å². The van der Waals surface area contributed by atoms with Gasteiger partial charge in [0.15, 0.2) is 0 Å². The minimum Gasteiger partial charge on any atom is -0.466 e. The van der Waals surface area contributed by atoms with Crippen LogP contribution in [0.5, 0.6) is 0 Å². The fraction of sp³-hybridized carbons (Fsp3) is 0.647. The zero-order valence-corrected chi connectivity index (χ0v) is 13.8. The van der Waals surface area contributed by atoms with Crippen LogP contribution in [-0.4, -0.2) is 42.3 Å². The molecule has 0 spiro atoms. The van der Waals surface area contributed by atoms with Crippen molar-refractivity contribution in [3.63, 3.8) is 0 Å². The summed E-state index contributed by atoms with van der Waals surface area (Å²) >= 11 is 0. The molecule has 0 radical (unpaired) electrons. The number of carbonyl (C=O) groups excluding carboxylic acids is 2. The Morgan fingerprint density at radius 3 is 2.73 bits per heavy atom. The second kappa shape index (κ2) is 6.55. The number of hydrogen-bond acceptors (Lipinski definition) is 4. The van der Waals surface area contributed by atoms with Crippen LogP contribution in [0.2, 0.25) is 0 Å². The summed E-state index contributed by atoms with van der Waals surface area (Å²) in [4.78, 5) is 25.8. The summed E-state index contributed by atoms with van der Waals surface area (Å²) in [5.74, 6) is -0.433. The highest BCUT2D eigenvalue weighted by Crippen LogP contribution is 2.31. The molecule has 1 atom stereocenters. The van der Waals surface area contributed by atoms with Gasteiger partial charge in [-0.15, -0.1) is 0 Å². The zero-order valence-electron chi connectivity index (χ0n) is 13.8. The topological polar surface area (TPSA) is 55.8 Å². The summed E-state index contributed by atoms with van der Waals surface area (Å²) < 4.78 is 10.5. The molecule has 0 aromatic heterocycles. The van der Waals surface area contributed by atoms with E-state index in [4.69, 9.17) is 9.47 Å². The molecule has 1 unspecified atom stereocenters. The highest BCUT2D eigenvalue weighted by atomic mass is 16.6. The first-order chi connectivity index (χ1) is 10.3. The summed E-state index contributed by atoms with van der Waals surface area (Å²) in [6.45, 7) is 8.96. The van der Waals surface area contributed by atoms with Gasteiger partial charge in [-0.05, 0) is 51.7 Å². The lowest BCUT2D eigenvalue weighted by atomic mass is 9.86. The van der Waals surface area contributed by atoms with Gasteiger partial charge in [0.05, 0.1) is 12.5 Å². The third-order valence-corrected chi connectivity index (χ3v) is 3.72. The Kier molecular flexibility index (Phi) is 4.94. The first-order valence-electron chi connectivity index (χ1n) is 7.84. The van der Waals surface area contributed by atoms with Gasteiger partial charge in [0, 0.05) is 13.1 Å². The fourth-order valence-electron chi connectivity index (χ4n) is 2.70. The summed E-state index contributed by atoms with van der Waals surface area (Å²) in [5.41, 5.74) is 1.88. The molecule has 2 rings (SSSR count). The van der Waals surface area contributed by atoms with Gasteiger partial charge in [-0.25, -0.2) is 4.79 Å². The maximum Gasteiger partial charge on any atom is 0.410 e. The van der Waals surface area contributed by atoms with E-state index in [1.165, 1.54) is 5.57 Å². The van der Waals surface area contributed by atoms with Crippen LogP contribution >= 0.6 is 0 Å². The fourth-order valence-corrected chi connectivity index (χ4v) is 2.70. The van der Waals surface area contributed by atoms with Gasteiger partial charge in [0.2, 0.25) is 0 Å². The molecule has 1 aliphatic heterocycles. The van der Waals surface area contributed by atoms with Crippen molar-refractivity contribution in [1.82, 2.24) is 4.90 Å². The van der Waals surface area contributed by atoms with Gasteiger partial charge < -0.3 is 14.4 Å². The average Bonchev–Trinajstić information content (AvgIpc) is 2.44. The molecule has 1 amide bonds. The summed E-state index contributed by atoms with van der Waals surface area (Å²) in [6.07, 6.45) is 5.07. The maximum atomic E-state index is 12.2. The zero-order chi connectivity index (χ0) is 16.3. The SMILES string of the molecule is CCOC(=O)C1C=CC2=C(C1)CN(C(=O)OC(C)(C)C)CC2. The minimum atomic E-state index is -0.494. The Bertz CT molecular complexity index is 513. The molecular weight excluding hydrogens is 282 g/mol. The van der Waals surface area contributed by atoms with E-state index in [9.17, 15) is 9.59 Å². The van der Waals surface area contributed by atoms with Crippen molar-refractivity contribution < 1.29 is 19.1 Å². The molecule has 122 valence electrons. The lowest BCUT2D eigenvalue weighted by Gasteiger charge is -2.34. The molecule has 0 N–H and O–H groups in total. The molecule has 22 heavy (non-hydrogen) atoms. The predicted molar refractivity (Wildman–Crippen MR) is 83.3 cm³/mol. The van der Waals surface area contributed by atoms with E-state index in [2.05, 4.69) is 0 Å². The molecule has 5 heteroatoms. The number of nitrogens with zero attached hydrogens (tertiary/aromatic N) is 1. The second-order valence-corrected chi connectivity index (χ2v) is 6.70. The van der Waals surface area contributed by atoms with Crippen molar-refractivity contribution in [3.8, 4) is 0 Å². The summed E-state index contributed by atoms with van der Waals surface area (Å²) in [7, 11) is 0. The largest absolute Gasteiger partial charge is 0.466 e. The number of esters is 1. The quantitative estimate of drug-likeness (QED) is 0.736. The molecular formula is C17H25NO4. The van der Waals surface area contributed by atoms with E-state index in [0.29, 0.717) is 26.1 Å². The molecule has 5 nitrogen and oxygen atoms in total. The smallest absolute Gasteiger partial charge is 0.410 e.